The molecule has 6 heteroatoms. The van der Waals surface area contributed by atoms with E-state index in [2.05, 4.69) is 23.2 Å². The number of carboxylic acids is 1. The fraction of sp³-hybridized carbons (Fsp3) is 0.667. The number of aliphatic carboxylic acids is 1. The van der Waals surface area contributed by atoms with Gasteiger partial charge in [0.15, 0.2) is 0 Å². The van der Waals surface area contributed by atoms with E-state index in [1.54, 1.807) is 0 Å². The van der Waals surface area contributed by atoms with Gasteiger partial charge in [0.1, 0.15) is 0 Å². The highest BCUT2D eigenvalue weighted by atomic mass is 35.5. The third-order valence-electron chi connectivity index (χ3n) is 0.504. The lowest BCUT2D eigenvalue weighted by Crippen LogP contribution is -2.30. The predicted molar refractivity (Wildman–Crippen MR) is 28.1 cm³/mol. The summed E-state index contributed by atoms with van der Waals surface area (Å²) in [5.41, 5.74) is 0. The molecule has 0 aromatic heterocycles. The molecule has 0 aliphatic rings. The Morgan fingerprint density at radius 3 is 2.00 bits per heavy atom. The molecule has 0 fully saturated rings. The summed E-state index contributed by atoms with van der Waals surface area (Å²) < 4.78 is 23.2. The Morgan fingerprint density at radius 1 is 1.67 bits per heavy atom. The molecule has 0 radical (unpaired) electrons. The molecule has 2 nitrogen and oxygen atoms in total. The van der Waals surface area contributed by atoms with Crippen molar-refractivity contribution in [1.29, 1.82) is 0 Å². The molecule has 0 bridgehead atoms. The molecule has 1 atom stereocenters. The third kappa shape index (κ3) is 2.81. The fourth-order valence-electron chi connectivity index (χ4n) is 0.140. The molecule has 1 unspecified atom stereocenters. The fourth-order valence-corrected chi connectivity index (χ4v) is 0.233. The second-order valence-corrected chi connectivity index (χ2v) is 2.18. The van der Waals surface area contributed by atoms with Crippen molar-refractivity contribution in [3.63, 3.8) is 0 Å². The van der Waals surface area contributed by atoms with Gasteiger partial charge in [-0.1, -0.05) is 0 Å². The van der Waals surface area contributed by atoms with Crippen LogP contribution in [0.1, 0.15) is 0 Å². The highest BCUT2D eigenvalue weighted by Crippen LogP contribution is 2.27. The van der Waals surface area contributed by atoms with E-state index in [-0.39, 0.29) is 0 Å². The predicted octanol–water partition coefficient (Wildman–Crippen LogP) is 1.51. The molecule has 0 saturated heterocycles. The number of carbonyl (C=O) groups is 1. The van der Waals surface area contributed by atoms with E-state index < -0.39 is 16.7 Å². The first-order valence-corrected chi connectivity index (χ1v) is 2.60. The summed E-state index contributed by atoms with van der Waals surface area (Å²) in [6, 6.07) is 0. The summed E-state index contributed by atoms with van der Waals surface area (Å²) in [6.07, 6.45) is 0. The van der Waals surface area contributed by atoms with Crippen LogP contribution in [0.3, 0.4) is 0 Å². The van der Waals surface area contributed by atoms with Crippen molar-refractivity contribution >= 4 is 29.2 Å². The van der Waals surface area contributed by atoms with Gasteiger partial charge in [0, 0.05) is 0 Å². The van der Waals surface area contributed by atoms with E-state index in [0.29, 0.717) is 0 Å². The van der Waals surface area contributed by atoms with E-state index in [1.807, 2.05) is 0 Å². The van der Waals surface area contributed by atoms with Crippen LogP contribution in [0.15, 0.2) is 0 Å². The van der Waals surface area contributed by atoms with Crippen molar-refractivity contribution in [1.82, 2.24) is 0 Å². The van der Waals surface area contributed by atoms with Gasteiger partial charge < -0.3 is 5.11 Å². The Balaban J connectivity index is 4.04. The lowest BCUT2D eigenvalue weighted by Gasteiger charge is -2.08. The topological polar surface area (TPSA) is 37.3 Å². The third-order valence-corrected chi connectivity index (χ3v) is 1.29. The van der Waals surface area contributed by atoms with Crippen LogP contribution in [0.25, 0.3) is 0 Å². The zero-order valence-corrected chi connectivity index (χ0v) is 5.46. The largest absolute Gasteiger partial charge is 0.480 e. The van der Waals surface area contributed by atoms with Crippen molar-refractivity contribution in [2.45, 2.75) is 10.8 Å². The van der Waals surface area contributed by atoms with Gasteiger partial charge in [0.05, 0.1) is 0 Å². The minimum absolute atomic E-state index is 1.84. The van der Waals surface area contributed by atoms with Crippen LogP contribution in [-0.2, 0) is 4.79 Å². The summed E-state index contributed by atoms with van der Waals surface area (Å²) in [5, 5.41) is 1.58. The summed E-state index contributed by atoms with van der Waals surface area (Å²) in [6.45, 7) is 0. The van der Waals surface area contributed by atoms with Gasteiger partial charge in [-0.3, -0.25) is 4.79 Å². The van der Waals surface area contributed by atoms with E-state index in [0.717, 1.165) is 0 Å². The molecule has 0 aliphatic carbocycles. The number of hydrogen-bond donors (Lipinski definition) is 1. The van der Waals surface area contributed by atoms with Crippen LogP contribution in [0.5, 0.6) is 0 Å². The Labute approximate surface area is 59.4 Å². The van der Waals surface area contributed by atoms with E-state index in [1.165, 1.54) is 0 Å². The van der Waals surface area contributed by atoms with Gasteiger partial charge in [0.25, 0.3) is 0 Å². The number of rotatable bonds is 2. The normalized spacial score (nSPS) is 15.1. The molecule has 1 N–H and O–H groups in total. The monoisotopic (exact) mass is 178 g/mol. The summed E-state index contributed by atoms with van der Waals surface area (Å²) in [7, 11) is 0. The van der Waals surface area contributed by atoms with Crippen molar-refractivity contribution in [2.75, 3.05) is 0 Å². The lowest BCUT2D eigenvalue weighted by atomic mass is 10.4. The lowest BCUT2D eigenvalue weighted by molar-refractivity contribution is -0.140. The van der Waals surface area contributed by atoms with Gasteiger partial charge >= 0.3 is 11.4 Å². The molecule has 0 aliphatic heterocycles. The molecule has 0 saturated carbocycles. The Hall–Kier alpha value is -0.0900. The highest BCUT2D eigenvalue weighted by Gasteiger charge is 2.41. The van der Waals surface area contributed by atoms with Crippen LogP contribution < -0.4 is 0 Å². The molecule has 0 heterocycles. The summed E-state index contributed by atoms with van der Waals surface area (Å²) in [5.74, 6) is -1.84. The molecule has 0 amide bonds. The quantitative estimate of drug-likeness (QED) is 0.652. The van der Waals surface area contributed by atoms with Crippen molar-refractivity contribution in [3.8, 4) is 0 Å². The molecule has 0 spiro atoms. The second-order valence-electron chi connectivity index (χ2n) is 1.24. The van der Waals surface area contributed by atoms with E-state index >= 15 is 0 Å². The smallest absolute Gasteiger partial charge is 0.348 e. The maximum atomic E-state index is 11.6. The molecular formula is C3H2Cl2F2O2. The molecular weight excluding hydrogens is 177 g/mol. The molecule has 0 aromatic rings. The number of halogens is 4. The first-order valence-electron chi connectivity index (χ1n) is 1.79. The average Bonchev–Trinajstić information content (AvgIpc) is 1.62. The van der Waals surface area contributed by atoms with E-state index in [9.17, 15) is 13.6 Å². The van der Waals surface area contributed by atoms with Crippen molar-refractivity contribution in [2.24, 2.45) is 0 Å². The second kappa shape index (κ2) is 2.66. The number of carboxylic acid groups (broad SMARTS) is 1. The van der Waals surface area contributed by atoms with Gasteiger partial charge in [0.2, 0.25) is 5.38 Å². The standard InChI is InChI=1S/C3H2Cl2F2O2/c4-1(2(8)9)3(5,6)7/h1H,(H,8,9). The molecule has 54 valence electrons. The Bertz CT molecular complexity index is 121. The van der Waals surface area contributed by atoms with Gasteiger partial charge in [-0.2, -0.15) is 8.78 Å². The Morgan fingerprint density at radius 2 is 2.00 bits per heavy atom. The molecule has 0 aromatic carbocycles. The highest BCUT2D eigenvalue weighted by molar-refractivity contribution is 6.37. The summed E-state index contributed by atoms with van der Waals surface area (Å²) >= 11 is 8.84. The number of alkyl halides is 4. The SMILES string of the molecule is O=C(O)C(Cl)C(F)(F)Cl. The van der Waals surface area contributed by atoms with Gasteiger partial charge in [-0.15, -0.1) is 11.6 Å². The van der Waals surface area contributed by atoms with Crippen molar-refractivity contribution in [3.05, 3.63) is 0 Å². The Kier molecular flexibility index (Phi) is 2.64. The first-order chi connectivity index (χ1) is 3.85. The van der Waals surface area contributed by atoms with Gasteiger partial charge in [-0.05, 0) is 11.6 Å². The minimum atomic E-state index is -3.88. The molecule has 0 rings (SSSR count). The van der Waals surface area contributed by atoms with Crippen LogP contribution in [0, 0.1) is 0 Å². The first kappa shape index (κ1) is 8.91. The van der Waals surface area contributed by atoms with E-state index in [4.69, 9.17) is 5.11 Å². The zero-order valence-electron chi connectivity index (χ0n) is 3.94. The van der Waals surface area contributed by atoms with Crippen LogP contribution in [-0.4, -0.2) is 21.8 Å². The number of hydrogen-bond acceptors (Lipinski definition) is 1. The summed E-state index contributed by atoms with van der Waals surface area (Å²) in [4.78, 5) is 9.65. The van der Waals surface area contributed by atoms with Crippen LogP contribution >= 0.6 is 23.2 Å². The maximum Gasteiger partial charge on any atom is 0.348 e. The van der Waals surface area contributed by atoms with Gasteiger partial charge in [-0.25, -0.2) is 0 Å². The van der Waals surface area contributed by atoms with Crippen molar-refractivity contribution < 1.29 is 18.7 Å². The minimum Gasteiger partial charge on any atom is -0.480 e. The molecule has 9 heavy (non-hydrogen) atoms. The zero-order chi connectivity index (χ0) is 7.65. The maximum absolute atomic E-state index is 11.6. The van der Waals surface area contributed by atoms with Crippen LogP contribution in [0.2, 0.25) is 0 Å². The average molecular weight is 179 g/mol. The van der Waals surface area contributed by atoms with Crippen LogP contribution in [0.4, 0.5) is 8.78 Å².